The van der Waals surface area contributed by atoms with E-state index in [-0.39, 0.29) is 5.78 Å². The number of aryl methyl sites for hydroxylation is 1. The Morgan fingerprint density at radius 3 is 2.59 bits per heavy atom. The molecule has 0 amide bonds. The summed E-state index contributed by atoms with van der Waals surface area (Å²) in [5.41, 5.74) is 3.94. The van der Waals surface area contributed by atoms with Gasteiger partial charge in [0.15, 0.2) is 16.8 Å². The van der Waals surface area contributed by atoms with Crippen LogP contribution in [0, 0.1) is 13.8 Å². The van der Waals surface area contributed by atoms with Crippen LogP contribution in [-0.4, -0.2) is 44.6 Å². The Morgan fingerprint density at radius 2 is 1.90 bits per heavy atom. The van der Waals surface area contributed by atoms with Crippen LogP contribution < -0.4 is 0 Å². The molecule has 3 rings (SSSR count). The molecule has 29 heavy (non-hydrogen) atoms. The number of hydrogen-bond acceptors (Lipinski definition) is 5. The minimum Gasteiger partial charge on any atom is -0.385 e. The second-order valence-corrected chi connectivity index (χ2v) is 7.85. The summed E-state index contributed by atoms with van der Waals surface area (Å²) in [7, 11) is 1.71. The fourth-order valence-corrected chi connectivity index (χ4v) is 4.37. The van der Waals surface area contributed by atoms with Crippen LogP contribution in [0.25, 0.3) is 11.4 Å². The van der Waals surface area contributed by atoms with Crippen LogP contribution in [0.15, 0.2) is 41.6 Å². The van der Waals surface area contributed by atoms with Crippen LogP contribution in [0.4, 0.5) is 0 Å². The number of ketones is 1. The summed E-state index contributed by atoms with van der Waals surface area (Å²) >= 11 is 1.45. The van der Waals surface area contributed by atoms with Gasteiger partial charge in [0.25, 0.3) is 0 Å². The van der Waals surface area contributed by atoms with Crippen molar-refractivity contribution in [1.29, 1.82) is 0 Å². The second kappa shape index (κ2) is 9.89. The first-order valence-electron chi connectivity index (χ1n) is 9.87. The first kappa shape index (κ1) is 21.3. The van der Waals surface area contributed by atoms with Crippen molar-refractivity contribution < 1.29 is 9.53 Å². The molecule has 0 aliphatic heterocycles. The minimum absolute atomic E-state index is 0.119. The SMILES string of the molecule is CCn1c(SCC(=O)c2cc(C)n(CCCOC)c2C)nnc1-c1ccccc1. The lowest BCUT2D eigenvalue weighted by Gasteiger charge is -2.09. The summed E-state index contributed by atoms with van der Waals surface area (Å²) in [6.45, 7) is 8.45. The van der Waals surface area contributed by atoms with Crippen LogP contribution >= 0.6 is 11.8 Å². The molecule has 0 aliphatic rings. The zero-order chi connectivity index (χ0) is 20.8. The third-order valence-electron chi connectivity index (χ3n) is 5.00. The fourth-order valence-electron chi connectivity index (χ4n) is 3.48. The third-order valence-corrected chi connectivity index (χ3v) is 5.97. The molecule has 7 heteroatoms. The van der Waals surface area contributed by atoms with E-state index in [2.05, 4.69) is 26.3 Å². The monoisotopic (exact) mass is 412 g/mol. The van der Waals surface area contributed by atoms with Gasteiger partial charge in [-0.3, -0.25) is 4.79 Å². The predicted octanol–water partition coefficient (Wildman–Crippen LogP) is 4.39. The van der Waals surface area contributed by atoms with E-state index >= 15 is 0 Å². The molecule has 0 bridgehead atoms. The average molecular weight is 413 g/mol. The molecule has 0 fully saturated rings. The van der Waals surface area contributed by atoms with Gasteiger partial charge in [0, 0.05) is 49.3 Å². The molecule has 0 saturated heterocycles. The molecule has 154 valence electrons. The average Bonchev–Trinajstić information content (AvgIpc) is 3.28. The largest absolute Gasteiger partial charge is 0.385 e. The zero-order valence-electron chi connectivity index (χ0n) is 17.5. The van der Waals surface area contributed by atoms with Gasteiger partial charge in [-0.1, -0.05) is 42.1 Å². The Balaban J connectivity index is 1.72. The number of carbonyl (C=O) groups is 1. The van der Waals surface area contributed by atoms with Gasteiger partial charge in [-0.25, -0.2) is 0 Å². The van der Waals surface area contributed by atoms with Crippen LogP contribution in [-0.2, 0) is 17.8 Å². The number of Topliss-reactive ketones (excluding diaryl/α,β-unsaturated/α-hetero) is 1. The first-order valence-corrected chi connectivity index (χ1v) is 10.9. The summed E-state index contributed by atoms with van der Waals surface area (Å²) in [6.07, 6.45) is 0.928. The lowest BCUT2D eigenvalue weighted by Crippen LogP contribution is -2.09. The summed E-state index contributed by atoms with van der Waals surface area (Å²) in [5, 5.41) is 9.45. The van der Waals surface area contributed by atoms with E-state index in [0.29, 0.717) is 12.4 Å². The molecule has 0 spiro atoms. The summed E-state index contributed by atoms with van der Waals surface area (Å²) < 4.78 is 9.39. The van der Waals surface area contributed by atoms with Gasteiger partial charge in [-0.2, -0.15) is 0 Å². The maximum atomic E-state index is 12.9. The van der Waals surface area contributed by atoms with E-state index in [9.17, 15) is 4.79 Å². The van der Waals surface area contributed by atoms with Crippen molar-refractivity contribution in [3.8, 4) is 11.4 Å². The van der Waals surface area contributed by atoms with Crippen molar-refractivity contribution >= 4 is 17.5 Å². The molecule has 3 aromatic rings. The molecular weight excluding hydrogens is 384 g/mol. The lowest BCUT2D eigenvalue weighted by molar-refractivity contribution is 0.102. The summed E-state index contributed by atoms with van der Waals surface area (Å²) in [5.74, 6) is 1.29. The predicted molar refractivity (Wildman–Crippen MR) is 117 cm³/mol. The van der Waals surface area contributed by atoms with E-state index in [0.717, 1.165) is 53.0 Å². The van der Waals surface area contributed by atoms with Crippen LogP contribution in [0.5, 0.6) is 0 Å². The molecule has 0 saturated carbocycles. The molecule has 2 heterocycles. The first-order chi connectivity index (χ1) is 14.1. The summed E-state index contributed by atoms with van der Waals surface area (Å²) in [6, 6.07) is 12.0. The number of ether oxygens (including phenoxy) is 1. The van der Waals surface area contributed by atoms with Gasteiger partial charge in [-0.05, 0) is 33.3 Å². The van der Waals surface area contributed by atoms with Crippen molar-refractivity contribution in [3.63, 3.8) is 0 Å². The number of rotatable bonds is 10. The highest BCUT2D eigenvalue weighted by Gasteiger charge is 2.18. The van der Waals surface area contributed by atoms with Crippen molar-refractivity contribution in [3.05, 3.63) is 53.3 Å². The third kappa shape index (κ3) is 4.79. The quantitative estimate of drug-likeness (QED) is 0.281. The Hall–Kier alpha value is -2.38. The number of benzene rings is 1. The number of methoxy groups -OCH3 is 1. The zero-order valence-corrected chi connectivity index (χ0v) is 18.3. The highest BCUT2D eigenvalue weighted by Crippen LogP contribution is 2.25. The number of nitrogens with zero attached hydrogens (tertiary/aromatic N) is 4. The van der Waals surface area contributed by atoms with Crippen LogP contribution in [0.2, 0.25) is 0 Å². The van der Waals surface area contributed by atoms with E-state index in [1.54, 1.807) is 7.11 Å². The van der Waals surface area contributed by atoms with Gasteiger partial charge in [0.05, 0.1) is 5.75 Å². The van der Waals surface area contributed by atoms with Crippen molar-refractivity contribution in [2.24, 2.45) is 0 Å². The van der Waals surface area contributed by atoms with Gasteiger partial charge in [-0.15, -0.1) is 10.2 Å². The number of thioether (sulfide) groups is 1. The second-order valence-electron chi connectivity index (χ2n) is 6.91. The molecule has 0 atom stereocenters. The highest BCUT2D eigenvalue weighted by atomic mass is 32.2. The van der Waals surface area contributed by atoms with Crippen molar-refractivity contribution in [2.45, 2.75) is 45.4 Å². The van der Waals surface area contributed by atoms with Gasteiger partial charge in [0.1, 0.15) is 0 Å². The molecule has 0 radical (unpaired) electrons. The van der Waals surface area contributed by atoms with E-state index < -0.39 is 0 Å². The topological polar surface area (TPSA) is 61.9 Å². The van der Waals surface area contributed by atoms with E-state index in [4.69, 9.17) is 4.74 Å². The Kier molecular flexibility index (Phi) is 7.28. The van der Waals surface area contributed by atoms with E-state index in [1.807, 2.05) is 50.2 Å². The maximum Gasteiger partial charge on any atom is 0.191 e. The standard InChI is InChI=1S/C22H28N4O2S/c1-5-25-21(18-10-7-6-8-11-18)23-24-22(25)29-15-20(27)19-14-16(2)26(17(19)3)12-9-13-28-4/h6-8,10-11,14H,5,9,12-13,15H2,1-4H3. The molecule has 1 aromatic carbocycles. The maximum absolute atomic E-state index is 12.9. The van der Waals surface area contributed by atoms with Crippen LogP contribution in [0.1, 0.15) is 35.1 Å². The lowest BCUT2D eigenvalue weighted by atomic mass is 10.2. The molecule has 0 N–H and O–H groups in total. The Morgan fingerprint density at radius 1 is 1.14 bits per heavy atom. The molecule has 6 nitrogen and oxygen atoms in total. The minimum atomic E-state index is 0.119. The highest BCUT2D eigenvalue weighted by molar-refractivity contribution is 7.99. The summed E-state index contributed by atoms with van der Waals surface area (Å²) in [4.78, 5) is 12.9. The van der Waals surface area contributed by atoms with Crippen molar-refractivity contribution in [1.82, 2.24) is 19.3 Å². The number of hydrogen-bond donors (Lipinski definition) is 0. The smallest absolute Gasteiger partial charge is 0.191 e. The number of carbonyl (C=O) groups excluding carboxylic acids is 1. The normalized spacial score (nSPS) is 11.2. The fraction of sp³-hybridized carbons (Fsp3) is 0.409. The molecular formula is C22H28N4O2S. The number of aromatic nitrogens is 4. The Labute approximate surface area is 176 Å². The van der Waals surface area contributed by atoms with Gasteiger partial charge < -0.3 is 13.9 Å². The van der Waals surface area contributed by atoms with Gasteiger partial charge in [0.2, 0.25) is 0 Å². The van der Waals surface area contributed by atoms with Gasteiger partial charge >= 0.3 is 0 Å². The molecule has 2 aromatic heterocycles. The van der Waals surface area contributed by atoms with Crippen molar-refractivity contribution in [2.75, 3.05) is 19.5 Å². The molecule has 0 unspecified atom stereocenters. The van der Waals surface area contributed by atoms with Crippen LogP contribution in [0.3, 0.4) is 0 Å². The van der Waals surface area contributed by atoms with E-state index in [1.165, 1.54) is 11.8 Å². The molecule has 0 aliphatic carbocycles. The Bertz CT molecular complexity index is 963.